The number of unbranched alkanes of at least 4 members (excludes halogenated alkanes) is 8. The van der Waals surface area contributed by atoms with Crippen molar-refractivity contribution in [3.05, 3.63) is 156 Å². The number of hydrogen-bond acceptors (Lipinski definition) is 0. The normalized spacial score (nSPS) is 11.1. The van der Waals surface area contributed by atoms with Crippen molar-refractivity contribution < 1.29 is 9.13 Å². The quantitative estimate of drug-likeness (QED) is 0.0365. The summed E-state index contributed by atoms with van der Waals surface area (Å²) in [6.07, 6.45) is 24.7. The largest absolute Gasteiger partial charge is 0.212 e. The molecule has 0 unspecified atom stereocenters. The van der Waals surface area contributed by atoms with Gasteiger partial charge in [-0.3, -0.25) is 0 Å². The average Bonchev–Trinajstić information content (AvgIpc) is 3.21. The molecule has 284 valence electrons. The maximum absolute atomic E-state index is 3.49. The standard InChI is InChI=1S/C34H38N2.C16H24Br2/c1(9-24-35-26-12-20-31-18-5-7-22-33(31)35)3-14-29-16-11-17-30(28-29)15-4-2-10-25-36-27-13-21-32-19-6-8-23-34(32)36;17-12-5-1-3-8-15-10-7-11-16(14-15)9-4-2-6-13-18/h5-8,11-13,16-23,26-28H,1-4,9-10,14-15,24-25H2;7,10-11,14H,1-6,8-9,12-13H2/q+2;. The zero-order valence-electron chi connectivity index (χ0n) is 32.5. The second-order valence-corrected chi connectivity index (χ2v) is 16.4. The molecule has 0 saturated heterocycles. The second-order valence-electron chi connectivity index (χ2n) is 14.8. The van der Waals surface area contributed by atoms with E-state index in [2.05, 4.69) is 175 Å². The predicted molar refractivity (Wildman–Crippen MR) is 239 cm³/mol. The molecule has 2 heterocycles. The van der Waals surface area contributed by atoms with Crippen LogP contribution in [0.3, 0.4) is 0 Å². The average molecular weight is 851 g/mol. The number of pyridine rings is 2. The summed E-state index contributed by atoms with van der Waals surface area (Å²) < 4.78 is 4.80. The molecule has 0 atom stereocenters. The number of para-hydroxylation sites is 2. The Morgan fingerprint density at radius 3 is 1.07 bits per heavy atom. The Labute approximate surface area is 343 Å². The molecule has 0 saturated carbocycles. The number of fused-ring (bicyclic) bond motifs is 2. The van der Waals surface area contributed by atoms with Gasteiger partial charge in [0.2, 0.25) is 11.0 Å². The van der Waals surface area contributed by atoms with Crippen LogP contribution in [0.4, 0.5) is 0 Å². The Bertz CT molecular complexity index is 1790. The number of hydrogen-bond donors (Lipinski definition) is 0. The van der Waals surface area contributed by atoms with E-state index in [1.807, 2.05) is 0 Å². The van der Waals surface area contributed by atoms with Crippen molar-refractivity contribution in [2.75, 3.05) is 10.7 Å². The summed E-state index contributed by atoms with van der Waals surface area (Å²) in [6, 6.07) is 44.6. The van der Waals surface area contributed by atoms with Crippen LogP contribution < -0.4 is 9.13 Å². The minimum Gasteiger partial charge on any atom is -0.198 e. The van der Waals surface area contributed by atoms with E-state index in [0.29, 0.717) is 0 Å². The molecular formula is C50H62Br2N2+2. The van der Waals surface area contributed by atoms with Gasteiger partial charge in [0, 0.05) is 58.5 Å². The highest BCUT2D eigenvalue weighted by Gasteiger charge is 2.08. The number of nitrogens with zero attached hydrogens (tertiary/aromatic N) is 2. The third kappa shape index (κ3) is 14.7. The van der Waals surface area contributed by atoms with Gasteiger partial charge in [-0.2, -0.15) is 9.13 Å². The number of aromatic nitrogens is 2. The molecule has 0 amide bonds. The Morgan fingerprint density at radius 2 is 0.685 bits per heavy atom. The Kier molecular flexibility index (Phi) is 19.3. The van der Waals surface area contributed by atoms with Gasteiger partial charge in [0.25, 0.3) is 0 Å². The van der Waals surface area contributed by atoms with E-state index in [0.717, 1.165) is 23.7 Å². The van der Waals surface area contributed by atoms with Crippen LogP contribution in [0.25, 0.3) is 21.8 Å². The zero-order chi connectivity index (χ0) is 37.5. The fourth-order valence-electron chi connectivity index (χ4n) is 7.49. The summed E-state index contributed by atoms with van der Waals surface area (Å²) >= 11 is 6.97. The van der Waals surface area contributed by atoms with Crippen LogP contribution >= 0.6 is 31.9 Å². The van der Waals surface area contributed by atoms with Crippen LogP contribution in [0.5, 0.6) is 0 Å². The van der Waals surface area contributed by atoms with Gasteiger partial charge in [-0.05, 0) is 124 Å². The Morgan fingerprint density at radius 1 is 0.333 bits per heavy atom. The molecule has 0 fully saturated rings. The van der Waals surface area contributed by atoms with E-state index in [4.69, 9.17) is 0 Å². The number of rotatable bonds is 22. The van der Waals surface area contributed by atoms with Gasteiger partial charge in [0.15, 0.2) is 12.4 Å². The highest BCUT2D eigenvalue weighted by molar-refractivity contribution is 9.09. The molecule has 0 bridgehead atoms. The number of halogens is 2. The van der Waals surface area contributed by atoms with Gasteiger partial charge in [-0.25, -0.2) is 0 Å². The minimum absolute atomic E-state index is 1.10. The zero-order valence-corrected chi connectivity index (χ0v) is 35.7. The predicted octanol–water partition coefficient (Wildman–Crippen LogP) is 13.3. The lowest BCUT2D eigenvalue weighted by Crippen LogP contribution is -2.33. The van der Waals surface area contributed by atoms with Gasteiger partial charge >= 0.3 is 0 Å². The van der Waals surface area contributed by atoms with Crippen molar-refractivity contribution in [3.63, 3.8) is 0 Å². The van der Waals surface area contributed by atoms with Crippen LogP contribution in [-0.2, 0) is 38.8 Å². The van der Waals surface area contributed by atoms with Crippen LogP contribution in [0, 0.1) is 0 Å². The number of aryl methyl sites for hydroxylation is 6. The van der Waals surface area contributed by atoms with Crippen LogP contribution in [-0.4, -0.2) is 10.7 Å². The first-order valence-corrected chi connectivity index (χ1v) is 23.0. The minimum atomic E-state index is 1.10. The first-order valence-electron chi connectivity index (χ1n) is 20.8. The monoisotopic (exact) mass is 848 g/mol. The molecule has 4 heteroatoms. The molecule has 0 N–H and O–H groups in total. The topological polar surface area (TPSA) is 7.76 Å². The van der Waals surface area contributed by atoms with Crippen molar-refractivity contribution in [1.82, 2.24) is 0 Å². The van der Waals surface area contributed by atoms with Crippen LogP contribution in [0.15, 0.2) is 134 Å². The first-order chi connectivity index (χ1) is 26.7. The van der Waals surface area contributed by atoms with E-state index >= 15 is 0 Å². The fourth-order valence-corrected chi connectivity index (χ4v) is 8.28. The van der Waals surface area contributed by atoms with Crippen LogP contribution in [0.1, 0.15) is 99.3 Å². The van der Waals surface area contributed by atoms with E-state index in [1.54, 1.807) is 0 Å². The molecular weight excluding hydrogens is 788 g/mol. The summed E-state index contributed by atoms with van der Waals surface area (Å²) in [6.45, 7) is 2.19. The second kappa shape index (κ2) is 24.9. The highest BCUT2D eigenvalue weighted by atomic mass is 79.9. The van der Waals surface area contributed by atoms with Crippen molar-refractivity contribution in [2.24, 2.45) is 0 Å². The summed E-state index contributed by atoms with van der Waals surface area (Å²) in [7, 11) is 0. The van der Waals surface area contributed by atoms with Gasteiger partial charge in [0.05, 0.1) is 0 Å². The van der Waals surface area contributed by atoms with Crippen molar-refractivity contribution in [3.8, 4) is 0 Å². The van der Waals surface area contributed by atoms with E-state index in [9.17, 15) is 0 Å². The maximum Gasteiger partial charge on any atom is 0.212 e. The molecule has 0 aliphatic rings. The molecule has 6 aromatic rings. The summed E-state index contributed by atoms with van der Waals surface area (Å²) in [4.78, 5) is 0. The third-order valence-electron chi connectivity index (χ3n) is 10.5. The summed E-state index contributed by atoms with van der Waals surface area (Å²) in [5.41, 5.74) is 8.70. The third-order valence-corrected chi connectivity index (χ3v) is 11.6. The molecule has 0 aliphatic heterocycles. The summed E-state index contributed by atoms with van der Waals surface area (Å²) in [5, 5.41) is 4.93. The lowest BCUT2D eigenvalue weighted by molar-refractivity contribution is -0.672. The molecule has 0 aliphatic carbocycles. The SMILES string of the molecule is BrCCCCCc1cccc(CCCCCBr)c1.c1cc(CCCCC[n+]2cccc3ccccc32)cc(CCCCC[n+]2cccc3ccccc32)c1. The molecule has 0 radical (unpaired) electrons. The molecule has 4 aromatic carbocycles. The molecule has 6 rings (SSSR count). The lowest BCUT2D eigenvalue weighted by Gasteiger charge is -2.06. The van der Waals surface area contributed by atoms with Gasteiger partial charge in [-0.15, -0.1) is 0 Å². The van der Waals surface area contributed by atoms with Gasteiger partial charge in [-0.1, -0.05) is 117 Å². The molecule has 0 spiro atoms. The maximum atomic E-state index is 3.49. The first kappa shape index (κ1) is 41.8. The summed E-state index contributed by atoms with van der Waals surface area (Å²) in [5.74, 6) is 0. The molecule has 2 nitrogen and oxygen atoms in total. The molecule has 2 aromatic heterocycles. The van der Waals surface area contributed by atoms with Crippen molar-refractivity contribution >= 4 is 53.7 Å². The Hall–Kier alpha value is -3.34. The molecule has 54 heavy (non-hydrogen) atoms. The van der Waals surface area contributed by atoms with Crippen molar-refractivity contribution in [2.45, 2.75) is 116 Å². The lowest BCUT2D eigenvalue weighted by atomic mass is 10.0. The number of benzene rings is 4. The van der Waals surface area contributed by atoms with E-state index < -0.39 is 0 Å². The Balaban J connectivity index is 0.000000263. The van der Waals surface area contributed by atoms with Gasteiger partial charge < -0.3 is 0 Å². The smallest absolute Gasteiger partial charge is 0.198 e. The fraction of sp³-hybridized carbons (Fsp3) is 0.400. The van der Waals surface area contributed by atoms with Crippen molar-refractivity contribution in [1.29, 1.82) is 0 Å². The van der Waals surface area contributed by atoms with Gasteiger partial charge in [0.1, 0.15) is 13.1 Å². The number of alkyl halides is 2. The highest BCUT2D eigenvalue weighted by Crippen LogP contribution is 2.16. The van der Waals surface area contributed by atoms with Crippen LogP contribution in [0.2, 0.25) is 0 Å². The van der Waals surface area contributed by atoms with E-state index in [1.165, 1.54) is 147 Å². The van der Waals surface area contributed by atoms with E-state index in [-0.39, 0.29) is 0 Å².